The number of ether oxygens (including phenoxy) is 1. The number of nitrogens with two attached hydrogens (primary N) is 1. The third kappa shape index (κ3) is 1.87. The van der Waals surface area contributed by atoms with E-state index in [9.17, 15) is 4.79 Å². The summed E-state index contributed by atoms with van der Waals surface area (Å²) in [4.78, 5) is 11.4. The molecule has 4 bridgehead atoms. The topological polar surface area (TPSA) is 52.3 Å². The molecule has 2 N–H and O–H groups in total. The normalized spacial score (nSPS) is 52.9. The predicted molar refractivity (Wildman–Crippen MR) is 72.5 cm³/mol. The molecule has 0 spiro atoms. The smallest absolute Gasteiger partial charge is 0.303 e. The largest absolute Gasteiger partial charge is 0.458 e. The number of hydrogen-bond acceptors (Lipinski definition) is 3. The summed E-state index contributed by atoms with van der Waals surface area (Å²) in [6.45, 7) is 6.21. The Hall–Kier alpha value is -0.280. The van der Waals surface area contributed by atoms with Crippen LogP contribution in [0.4, 0.5) is 0 Å². The minimum Gasteiger partial charge on any atom is -0.458 e. The summed E-state index contributed by atoms with van der Waals surface area (Å²) < 4.78 is 5.73. The van der Waals surface area contributed by atoms with Crippen LogP contribution >= 0.6 is 12.4 Å². The van der Waals surface area contributed by atoms with Crippen molar-refractivity contribution >= 4 is 18.4 Å². The summed E-state index contributed by atoms with van der Waals surface area (Å²) >= 11 is 0. The van der Waals surface area contributed by atoms with Crippen molar-refractivity contribution in [1.29, 1.82) is 0 Å². The SMILES string of the molecule is CC(=O)OC12CC3(C)CC(CC(C)(C3)C1)C2N.Cl. The minimum absolute atomic E-state index is 0. The van der Waals surface area contributed by atoms with Gasteiger partial charge in [-0.05, 0) is 48.9 Å². The number of esters is 1. The lowest BCUT2D eigenvalue weighted by atomic mass is 9.42. The molecule has 3 atom stereocenters. The number of rotatable bonds is 1. The van der Waals surface area contributed by atoms with Gasteiger partial charge in [-0.3, -0.25) is 4.79 Å². The Balaban J connectivity index is 0.00000120. The highest BCUT2D eigenvalue weighted by Crippen LogP contribution is 2.66. The second-order valence-corrected chi connectivity index (χ2v) is 7.50. The van der Waals surface area contributed by atoms with Crippen molar-refractivity contribution in [3.8, 4) is 0 Å². The van der Waals surface area contributed by atoms with Gasteiger partial charge in [0.25, 0.3) is 0 Å². The highest BCUT2D eigenvalue weighted by molar-refractivity contribution is 5.85. The van der Waals surface area contributed by atoms with Crippen LogP contribution in [0.3, 0.4) is 0 Å². The van der Waals surface area contributed by atoms with E-state index in [2.05, 4.69) is 13.8 Å². The second-order valence-electron chi connectivity index (χ2n) is 7.50. The molecule has 3 unspecified atom stereocenters. The van der Waals surface area contributed by atoms with Gasteiger partial charge in [0.05, 0.1) is 0 Å². The molecule has 4 heteroatoms. The van der Waals surface area contributed by atoms with E-state index in [1.807, 2.05) is 0 Å². The Bertz CT molecular complexity index is 366. The summed E-state index contributed by atoms with van der Waals surface area (Å²) in [7, 11) is 0. The van der Waals surface area contributed by atoms with E-state index in [1.165, 1.54) is 26.2 Å². The van der Waals surface area contributed by atoms with Gasteiger partial charge in [0.1, 0.15) is 5.60 Å². The average Bonchev–Trinajstić information content (AvgIpc) is 2.08. The zero-order valence-corrected chi connectivity index (χ0v) is 12.3. The molecule has 4 rings (SSSR count). The molecule has 0 aliphatic heterocycles. The van der Waals surface area contributed by atoms with Crippen molar-refractivity contribution < 1.29 is 9.53 Å². The summed E-state index contributed by atoms with van der Waals surface area (Å²) in [5.41, 5.74) is 6.69. The molecular formula is C14H24ClNO2. The fraction of sp³-hybridized carbons (Fsp3) is 0.929. The van der Waals surface area contributed by atoms with E-state index in [0.717, 1.165) is 12.8 Å². The molecule has 18 heavy (non-hydrogen) atoms. The molecule has 0 aromatic heterocycles. The second kappa shape index (κ2) is 3.86. The Morgan fingerprint density at radius 3 is 2.11 bits per heavy atom. The number of hydrogen-bond donors (Lipinski definition) is 1. The van der Waals surface area contributed by atoms with Crippen LogP contribution in [-0.2, 0) is 9.53 Å². The lowest BCUT2D eigenvalue weighted by Gasteiger charge is -2.66. The van der Waals surface area contributed by atoms with Crippen LogP contribution in [0.5, 0.6) is 0 Å². The van der Waals surface area contributed by atoms with Gasteiger partial charge in [0, 0.05) is 13.0 Å². The van der Waals surface area contributed by atoms with Crippen molar-refractivity contribution in [2.75, 3.05) is 0 Å². The first-order valence-corrected chi connectivity index (χ1v) is 6.71. The van der Waals surface area contributed by atoms with Crippen molar-refractivity contribution in [3.05, 3.63) is 0 Å². The van der Waals surface area contributed by atoms with Gasteiger partial charge in [-0.1, -0.05) is 13.8 Å². The first-order valence-electron chi connectivity index (χ1n) is 6.71. The molecule has 0 aromatic rings. The molecule has 0 saturated heterocycles. The summed E-state index contributed by atoms with van der Waals surface area (Å²) in [6.07, 6.45) is 5.63. The quantitative estimate of drug-likeness (QED) is 0.748. The van der Waals surface area contributed by atoms with E-state index in [1.54, 1.807) is 0 Å². The molecule has 0 amide bonds. The van der Waals surface area contributed by atoms with Crippen LogP contribution in [-0.4, -0.2) is 17.6 Å². The maximum Gasteiger partial charge on any atom is 0.303 e. The fourth-order valence-electron chi connectivity index (χ4n) is 5.64. The van der Waals surface area contributed by atoms with E-state index in [-0.39, 0.29) is 30.0 Å². The third-order valence-corrected chi connectivity index (χ3v) is 5.28. The molecule has 104 valence electrons. The standard InChI is InChI=1S/C14H23NO2.ClH/c1-9(16)17-14-7-12(2)4-10(11(14)15)5-13(3,6-12)8-14;/h10-11H,4-8,15H2,1-3H3;1H. The van der Waals surface area contributed by atoms with Gasteiger partial charge in [-0.15, -0.1) is 12.4 Å². The zero-order chi connectivity index (χ0) is 12.5. The van der Waals surface area contributed by atoms with Gasteiger partial charge >= 0.3 is 5.97 Å². The summed E-state index contributed by atoms with van der Waals surface area (Å²) in [5.74, 6) is 0.371. The summed E-state index contributed by atoms with van der Waals surface area (Å²) in [6, 6.07) is 0.0489. The molecule has 3 nitrogen and oxygen atoms in total. The van der Waals surface area contributed by atoms with Gasteiger partial charge < -0.3 is 10.5 Å². The molecule has 4 saturated carbocycles. The number of carbonyl (C=O) groups excluding carboxylic acids is 1. The van der Waals surface area contributed by atoms with E-state index >= 15 is 0 Å². The first kappa shape index (κ1) is 14.1. The van der Waals surface area contributed by atoms with Crippen LogP contribution in [0.25, 0.3) is 0 Å². The highest BCUT2D eigenvalue weighted by Gasteiger charge is 2.65. The molecule has 4 aliphatic carbocycles. The molecular weight excluding hydrogens is 250 g/mol. The molecule has 4 aliphatic rings. The van der Waals surface area contributed by atoms with Crippen molar-refractivity contribution in [3.63, 3.8) is 0 Å². The average molecular weight is 274 g/mol. The Morgan fingerprint density at radius 2 is 1.67 bits per heavy atom. The van der Waals surface area contributed by atoms with Gasteiger partial charge in [-0.2, -0.15) is 0 Å². The number of halogens is 1. The maximum absolute atomic E-state index is 11.4. The molecule has 4 fully saturated rings. The van der Waals surface area contributed by atoms with Crippen LogP contribution in [0.2, 0.25) is 0 Å². The van der Waals surface area contributed by atoms with Crippen LogP contribution in [0.15, 0.2) is 0 Å². The van der Waals surface area contributed by atoms with E-state index < -0.39 is 0 Å². The Morgan fingerprint density at radius 1 is 1.17 bits per heavy atom. The van der Waals surface area contributed by atoms with Gasteiger partial charge in [0.15, 0.2) is 0 Å². The monoisotopic (exact) mass is 273 g/mol. The van der Waals surface area contributed by atoms with Crippen LogP contribution in [0.1, 0.15) is 52.9 Å². The van der Waals surface area contributed by atoms with Gasteiger partial charge in [0.2, 0.25) is 0 Å². The molecule has 0 radical (unpaired) electrons. The number of carbonyl (C=O) groups is 1. The first-order chi connectivity index (χ1) is 7.76. The van der Waals surface area contributed by atoms with Crippen molar-refractivity contribution in [1.82, 2.24) is 0 Å². The minimum atomic E-state index is -0.366. The Kier molecular flexibility index (Phi) is 3.03. The fourth-order valence-corrected chi connectivity index (χ4v) is 5.64. The zero-order valence-electron chi connectivity index (χ0n) is 11.5. The lowest BCUT2D eigenvalue weighted by Crippen LogP contribution is -2.70. The molecule has 0 aromatic carbocycles. The lowest BCUT2D eigenvalue weighted by molar-refractivity contribution is -0.222. The van der Waals surface area contributed by atoms with Crippen LogP contribution in [0, 0.1) is 16.7 Å². The third-order valence-electron chi connectivity index (χ3n) is 5.28. The van der Waals surface area contributed by atoms with Gasteiger partial charge in [-0.25, -0.2) is 0 Å². The van der Waals surface area contributed by atoms with Crippen molar-refractivity contribution in [2.45, 2.75) is 64.5 Å². The van der Waals surface area contributed by atoms with Crippen LogP contribution < -0.4 is 5.73 Å². The van der Waals surface area contributed by atoms with E-state index in [0.29, 0.717) is 16.7 Å². The van der Waals surface area contributed by atoms with Crippen molar-refractivity contribution in [2.24, 2.45) is 22.5 Å². The predicted octanol–water partition coefficient (Wildman–Crippen LogP) is 2.66. The Labute approximate surface area is 115 Å². The summed E-state index contributed by atoms with van der Waals surface area (Å²) in [5, 5.41) is 0. The van der Waals surface area contributed by atoms with E-state index in [4.69, 9.17) is 10.5 Å². The highest BCUT2D eigenvalue weighted by atomic mass is 35.5. The maximum atomic E-state index is 11.4. The molecule has 0 heterocycles.